The van der Waals surface area contributed by atoms with Gasteiger partial charge in [-0.25, -0.2) is 4.79 Å². The molecule has 2 aromatic rings. The van der Waals surface area contributed by atoms with E-state index < -0.39 is 12.0 Å². The summed E-state index contributed by atoms with van der Waals surface area (Å²) in [5, 5.41) is 15.6. The summed E-state index contributed by atoms with van der Waals surface area (Å²) in [5.74, 6) is -1.38. The van der Waals surface area contributed by atoms with Crippen LogP contribution in [0.1, 0.15) is 23.3 Å². The summed E-state index contributed by atoms with van der Waals surface area (Å²) in [4.78, 5) is 22.8. The van der Waals surface area contributed by atoms with Crippen LogP contribution in [0.3, 0.4) is 0 Å². The van der Waals surface area contributed by atoms with Crippen molar-refractivity contribution >= 4 is 29.2 Å². The average Bonchev–Trinajstić information content (AvgIpc) is 2.91. The molecule has 0 saturated heterocycles. The van der Waals surface area contributed by atoms with Gasteiger partial charge in [0, 0.05) is 18.1 Å². The normalized spacial score (nSPS) is 11.9. The summed E-state index contributed by atoms with van der Waals surface area (Å²) >= 11 is 5.84. The second-order valence-electron chi connectivity index (χ2n) is 4.15. The number of halogens is 1. The van der Waals surface area contributed by atoms with Crippen LogP contribution in [0.5, 0.6) is 0 Å². The highest BCUT2D eigenvalue weighted by Gasteiger charge is 2.16. The summed E-state index contributed by atoms with van der Waals surface area (Å²) in [7, 11) is 0. The molecule has 0 fully saturated rings. The van der Waals surface area contributed by atoms with Crippen LogP contribution < -0.4 is 5.32 Å². The Labute approximate surface area is 120 Å². The largest absolute Gasteiger partial charge is 0.478 e. The molecule has 1 aromatic carbocycles. The van der Waals surface area contributed by atoms with E-state index in [0.717, 1.165) is 0 Å². The maximum Gasteiger partial charge on any atom is 0.337 e. The Bertz CT molecular complexity index is 640. The third-order valence-electron chi connectivity index (χ3n) is 2.77. The predicted octanol–water partition coefficient (Wildman–Crippen LogP) is 2.43. The van der Waals surface area contributed by atoms with Gasteiger partial charge in [0.15, 0.2) is 0 Å². The summed E-state index contributed by atoms with van der Waals surface area (Å²) < 4.78 is 1.52. The average molecular weight is 294 g/mol. The first-order valence-electron chi connectivity index (χ1n) is 5.82. The molecule has 1 amide bonds. The zero-order valence-corrected chi connectivity index (χ0v) is 11.3. The van der Waals surface area contributed by atoms with E-state index in [-0.39, 0.29) is 16.5 Å². The summed E-state index contributed by atoms with van der Waals surface area (Å²) in [6, 6.07) is 5.48. The van der Waals surface area contributed by atoms with Crippen molar-refractivity contribution < 1.29 is 14.7 Å². The van der Waals surface area contributed by atoms with Crippen LogP contribution in [-0.4, -0.2) is 26.8 Å². The van der Waals surface area contributed by atoms with E-state index in [0.29, 0.717) is 5.69 Å². The van der Waals surface area contributed by atoms with Crippen LogP contribution in [0.2, 0.25) is 5.02 Å². The van der Waals surface area contributed by atoms with Gasteiger partial charge in [-0.1, -0.05) is 11.6 Å². The van der Waals surface area contributed by atoms with Gasteiger partial charge in [0.05, 0.1) is 10.6 Å². The highest BCUT2D eigenvalue weighted by Crippen LogP contribution is 2.21. The molecule has 0 aliphatic rings. The first kappa shape index (κ1) is 14.1. The zero-order valence-electron chi connectivity index (χ0n) is 10.6. The fraction of sp³-hybridized carbons (Fsp3) is 0.154. The monoisotopic (exact) mass is 293 g/mol. The molecule has 0 aliphatic heterocycles. The molecule has 0 saturated carbocycles. The minimum atomic E-state index is -1.11. The standard InChI is InChI=1S/C13H12ClN3O3/c1-8(17-6-2-5-15-17)12(18)16-9-3-4-10(13(19)20)11(14)7-9/h2-8H,1H3,(H,16,18)(H,19,20). The van der Waals surface area contributed by atoms with Crippen LogP contribution in [0.15, 0.2) is 36.7 Å². The van der Waals surface area contributed by atoms with E-state index in [1.54, 1.807) is 25.4 Å². The number of rotatable bonds is 4. The molecule has 0 aliphatic carbocycles. The van der Waals surface area contributed by atoms with E-state index in [1.807, 2.05) is 0 Å². The van der Waals surface area contributed by atoms with Gasteiger partial charge in [-0.3, -0.25) is 9.48 Å². The van der Waals surface area contributed by atoms with E-state index in [9.17, 15) is 9.59 Å². The second-order valence-corrected chi connectivity index (χ2v) is 4.56. The quantitative estimate of drug-likeness (QED) is 0.907. The Morgan fingerprint density at radius 2 is 2.20 bits per heavy atom. The number of nitrogens with zero attached hydrogens (tertiary/aromatic N) is 2. The number of hydrogen-bond donors (Lipinski definition) is 2. The van der Waals surface area contributed by atoms with Crippen molar-refractivity contribution in [1.82, 2.24) is 9.78 Å². The lowest BCUT2D eigenvalue weighted by atomic mass is 10.2. The molecule has 2 rings (SSSR count). The molecule has 7 heteroatoms. The van der Waals surface area contributed by atoms with E-state index in [4.69, 9.17) is 16.7 Å². The van der Waals surface area contributed by atoms with E-state index in [1.165, 1.54) is 22.9 Å². The number of carboxylic acids is 1. The summed E-state index contributed by atoms with van der Waals surface area (Å²) in [6.45, 7) is 1.70. The van der Waals surface area contributed by atoms with Crippen molar-refractivity contribution in [3.05, 3.63) is 47.2 Å². The molecule has 0 spiro atoms. The number of carboxylic acid groups (broad SMARTS) is 1. The third kappa shape index (κ3) is 2.97. The molecule has 0 radical (unpaired) electrons. The van der Waals surface area contributed by atoms with Gasteiger partial charge >= 0.3 is 5.97 Å². The highest BCUT2D eigenvalue weighted by molar-refractivity contribution is 6.33. The molecule has 104 valence electrons. The van der Waals surface area contributed by atoms with E-state index >= 15 is 0 Å². The predicted molar refractivity (Wildman–Crippen MR) is 74.0 cm³/mol. The second kappa shape index (κ2) is 5.75. The van der Waals surface area contributed by atoms with Crippen LogP contribution in [0, 0.1) is 0 Å². The molecule has 1 unspecified atom stereocenters. The SMILES string of the molecule is CC(C(=O)Nc1ccc(C(=O)O)c(Cl)c1)n1cccn1. The Morgan fingerprint density at radius 1 is 1.45 bits per heavy atom. The van der Waals surface area contributed by atoms with Gasteiger partial charge in [-0.2, -0.15) is 5.10 Å². The third-order valence-corrected chi connectivity index (χ3v) is 3.08. The number of hydrogen-bond acceptors (Lipinski definition) is 3. The Morgan fingerprint density at radius 3 is 2.75 bits per heavy atom. The highest BCUT2D eigenvalue weighted by atomic mass is 35.5. The van der Waals surface area contributed by atoms with Crippen molar-refractivity contribution in [3.8, 4) is 0 Å². The fourth-order valence-electron chi connectivity index (χ4n) is 1.64. The number of carbonyl (C=O) groups is 2. The van der Waals surface area contributed by atoms with Crippen molar-refractivity contribution in [2.75, 3.05) is 5.32 Å². The van der Waals surface area contributed by atoms with Gasteiger partial charge in [0.2, 0.25) is 5.91 Å². The Kier molecular flexibility index (Phi) is 4.05. The topological polar surface area (TPSA) is 84.2 Å². The van der Waals surface area contributed by atoms with Crippen LogP contribution in [0.4, 0.5) is 5.69 Å². The molecule has 1 aromatic heterocycles. The molecular weight excluding hydrogens is 282 g/mol. The van der Waals surface area contributed by atoms with Crippen LogP contribution in [-0.2, 0) is 4.79 Å². The molecule has 2 N–H and O–H groups in total. The molecule has 20 heavy (non-hydrogen) atoms. The maximum atomic E-state index is 12.0. The zero-order chi connectivity index (χ0) is 14.7. The van der Waals surface area contributed by atoms with Gasteiger partial charge in [-0.15, -0.1) is 0 Å². The van der Waals surface area contributed by atoms with Crippen molar-refractivity contribution in [2.45, 2.75) is 13.0 Å². The Balaban J connectivity index is 2.12. The number of anilines is 1. The lowest BCUT2D eigenvalue weighted by Gasteiger charge is -2.13. The summed E-state index contributed by atoms with van der Waals surface area (Å²) in [5.41, 5.74) is 0.425. The van der Waals surface area contributed by atoms with Crippen molar-refractivity contribution in [2.24, 2.45) is 0 Å². The summed E-state index contributed by atoms with van der Waals surface area (Å²) in [6.07, 6.45) is 3.27. The number of carbonyl (C=O) groups excluding carboxylic acids is 1. The number of aromatic carboxylic acids is 1. The molecule has 0 bridgehead atoms. The number of aromatic nitrogens is 2. The molecular formula is C13H12ClN3O3. The molecule has 6 nitrogen and oxygen atoms in total. The van der Waals surface area contributed by atoms with Crippen molar-refractivity contribution in [3.63, 3.8) is 0 Å². The van der Waals surface area contributed by atoms with Gasteiger partial charge in [-0.05, 0) is 31.2 Å². The molecule has 1 atom stereocenters. The van der Waals surface area contributed by atoms with Gasteiger partial charge in [0.25, 0.3) is 0 Å². The van der Waals surface area contributed by atoms with Gasteiger partial charge in [0.1, 0.15) is 6.04 Å². The van der Waals surface area contributed by atoms with E-state index in [2.05, 4.69) is 10.4 Å². The minimum absolute atomic E-state index is 0.00945. The van der Waals surface area contributed by atoms with Gasteiger partial charge < -0.3 is 10.4 Å². The first-order valence-corrected chi connectivity index (χ1v) is 6.19. The molecule has 1 heterocycles. The first-order chi connectivity index (χ1) is 9.49. The number of benzene rings is 1. The van der Waals surface area contributed by atoms with Crippen LogP contribution in [0.25, 0.3) is 0 Å². The lowest BCUT2D eigenvalue weighted by molar-refractivity contribution is -0.119. The minimum Gasteiger partial charge on any atom is -0.478 e. The van der Waals surface area contributed by atoms with Crippen LogP contribution >= 0.6 is 11.6 Å². The van der Waals surface area contributed by atoms with Crippen molar-refractivity contribution in [1.29, 1.82) is 0 Å². The smallest absolute Gasteiger partial charge is 0.337 e. The lowest BCUT2D eigenvalue weighted by Crippen LogP contribution is -2.24. The fourth-order valence-corrected chi connectivity index (χ4v) is 1.90. The maximum absolute atomic E-state index is 12.0. The number of nitrogens with one attached hydrogen (secondary N) is 1. The Hall–Kier alpha value is -2.34. The number of amides is 1.